The monoisotopic (exact) mass is 377 g/mol. The van der Waals surface area contributed by atoms with Gasteiger partial charge in [-0.2, -0.15) is 0 Å². The van der Waals surface area contributed by atoms with Gasteiger partial charge in [0.25, 0.3) is 0 Å². The molecule has 2 N–H and O–H groups in total. The Hall–Kier alpha value is -2.25. The first-order chi connectivity index (χ1) is 12.5. The van der Waals surface area contributed by atoms with E-state index in [1.807, 2.05) is 19.1 Å². The molecule has 4 nitrogen and oxygen atoms in total. The summed E-state index contributed by atoms with van der Waals surface area (Å²) in [6.07, 6.45) is 0. The summed E-state index contributed by atoms with van der Waals surface area (Å²) in [5, 5.41) is 5.81. The SMILES string of the molecule is CC(NC(=S)Nc1c(F)cccc1F)c1ccc(N2CCOCC2)cc1. The van der Waals surface area contributed by atoms with Crippen molar-refractivity contribution in [2.45, 2.75) is 13.0 Å². The molecule has 1 atom stereocenters. The predicted molar refractivity (Wildman–Crippen MR) is 104 cm³/mol. The van der Waals surface area contributed by atoms with Crippen LogP contribution in [-0.4, -0.2) is 31.4 Å². The molecule has 3 rings (SSSR count). The van der Waals surface area contributed by atoms with Gasteiger partial charge >= 0.3 is 0 Å². The summed E-state index contributed by atoms with van der Waals surface area (Å²) in [7, 11) is 0. The van der Waals surface area contributed by atoms with Gasteiger partial charge in [-0.3, -0.25) is 0 Å². The van der Waals surface area contributed by atoms with Gasteiger partial charge in [-0.05, 0) is 49.0 Å². The van der Waals surface area contributed by atoms with E-state index in [4.69, 9.17) is 17.0 Å². The number of nitrogens with zero attached hydrogens (tertiary/aromatic N) is 1. The first-order valence-electron chi connectivity index (χ1n) is 8.49. The van der Waals surface area contributed by atoms with Gasteiger partial charge in [0.1, 0.15) is 17.3 Å². The van der Waals surface area contributed by atoms with Crippen molar-refractivity contribution < 1.29 is 13.5 Å². The fraction of sp³-hybridized carbons (Fsp3) is 0.316. The van der Waals surface area contributed by atoms with Crippen molar-refractivity contribution in [3.8, 4) is 0 Å². The second-order valence-electron chi connectivity index (χ2n) is 6.11. The average Bonchev–Trinajstić information content (AvgIpc) is 2.66. The third-order valence-corrected chi connectivity index (χ3v) is 4.54. The van der Waals surface area contributed by atoms with Crippen LogP contribution in [0.4, 0.5) is 20.2 Å². The van der Waals surface area contributed by atoms with Gasteiger partial charge in [0.2, 0.25) is 0 Å². The number of para-hydroxylation sites is 1. The van der Waals surface area contributed by atoms with Crippen LogP contribution in [0.15, 0.2) is 42.5 Å². The summed E-state index contributed by atoms with van der Waals surface area (Å²) in [5.74, 6) is -1.37. The minimum Gasteiger partial charge on any atom is -0.378 e. The van der Waals surface area contributed by atoms with E-state index in [9.17, 15) is 8.78 Å². The van der Waals surface area contributed by atoms with Gasteiger partial charge in [-0.1, -0.05) is 18.2 Å². The standard InChI is InChI=1S/C19H21F2N3OS/c1-13(22-19(26)23-18-16(20)3-2-4-17(18)21)14-5-7-15(8-6-14)24-9-11-25-12-10-24/h2-8,13H,9-12H2,1H3,(H2,22,23,26). The topological polar surface area (TPSA) is 36.5 Å². The minimum atomic E-state index is -0.684. The van der Waals surface area contributed by atoms with Gasteiger partial charge in [0, 0.05) is 18.8 Å². The summed E-state index contributed by atoms with van der Waals surface area (Å²) in [6.45, 7) is 5.19. The summed E-state index contributed by atoms with van der Waals surface area (Å²) in [4.78, 5) is 2.28. The molecule has 0 amide bonds. The Bertz CT molecular complexity index is 744. The molecular weight excluding hydrogens is 356 g/mol. The van der Waals surface area contributed by atoms with Crippen LogP contribution in [0.2, 0.25) is 0 Å². The maximum absolute atomic E-state index is 13.7. The van der Waals surface area contributed by atoms with Gasteiger partial charge in [0.05, 0.1) is 19.3 Å². The number of anilines is 2. The highest BCUT2D eigenvalue weighted by atomic mass is 32.1. The van der Waals surface area contributed by atoms with Crippen LogP contribution in [0, 0.1) is 11.6 Å². The molecule has 26 heavy (non-hydrogen) atoms. The number of hydrogen-bond acceptors (Lipinski definition) is 3. The third-order valence-electron chi connectivity index (χ3n) is 4.32. The highest BCUT2D eigenvalue weighted by Gasteiger charge is 2.14. The normalized spacial score (nSPS) is 15.4. The zero-order valence-corrected chi connectivity index (χ0v) is 15.3. The molecule has 7 heteroatoms. The van der Waals surface area contributed by atoms with E-state index in [0.717, 1.165) is 37.6 Å². The van der Waals surface area contributed by atoms with Gasteiger partial charge < -0.3 is 20.3 Å². The van der Waals surface area contributed by atoms with Crippen LogP contribution in [0.25, 0.3) is 0 Å². The van der Waals surface area contributed by atoms with Crippen LogP contribution in [0.1, 0.15) is 18.5 Å². The maximum atomic E-state index is 13.7. The van der Waals surface area contributed by atoms with Gasteiger partial charge in [-0.15, -0.1) is 0 Å². The second kappa shape index (κ2) is 8.42. The minimum absolute atomic E-state index is 0.108. The molecule has 2 aromatic rings. The van der Waals surface area contributed by atoms with Crippen LogP contribution in [-0.2, 0) is 4.74 Å². The largest absolute Gasteiger partial charge is 0.378 e. The Morgan fingerprint density at radius 1 is 1.08 bits per heavy atom. The highest BCUT2D eigenvalue weighted by Crippen LogP contribution is 2.21. The summed E-state index contributed by atoms with van der Waals surface area (Å²) in [6, 6.07) is 11.7. The zero-order chi connectivity index (χ0) is 18.5. The van der Waals surface area contributed by atoms with E-state index in [2.05, 4.69) is 27.7 Å². The molecule has 1 heterocycles. The molecule has 1 unspecified atom stereocenters. The molecule has 2 aromatic carbocycles. The highest BCUT2D eigenvalue weighted by molar-refractivity contribution is 7.80. The molecule has 1 aliphatic heterocycles. The lowest BCUT2D eigenvalue weighted by Crippen LogP contribution is -2.36. The summed E-state index contributed by atoms with van der Waals surface area (Å²) < 4.78 is 32.7. The maximum Gasteiger partial charge on any atom is 0.171 e. The van der Waals surface area contributed by atoms with Crippen molar-refractivity contribution in [1.29, 1.82) is 0 Å². The fourth-order valence-corrected chi connectivity index (χ4v) is 3.12. The molecular formula is C19H21F2N3OS. The molecule has 0 bridgehead atoms. The van der Waals surface area contributed by atoms with Crippen molar-refractivity contribution in [3.63, 3.8) is 0 Å². The van der Waals surface area contributed by atoms with Crippen molar-refractivity contribution >= 4 is 28.7 Å². The molecule has 0 spiro atoms. The number of hydrogen-bond donors (Lipinski definition) is 2. The number of rotatable bonds is 4. The van der Waals surface area contributed by atoms with Crippen LogP contribution in [0.5, 0.6) is 0 Å². The van der Waals surface area contributed by atoms with Crippen LogP contribution >= 0.6 is 12.2 Å². The number of benzene rings is 2. The van der Waals surface area contributed by atoms with Gasteiger partial charge in [0.15, 0.2) is 5.11 Å². The van der Waals surface area contributed by atoms with Crippen molar-refractivity contribution in [3.05, 3.63) is 59.7 Å². The smallest absolute Gasteiger partial charge is 0.171 e. The quantitative estimate of drug-likeness (QED) is 0.792. The second-order valence-corrected chi connectivity index (χ2v) is 6.52. The first-order valence-corrected chi connectivity index (χ1v) is 8.89. The summed E-state index contributed by atoms with van der Waals surface area (Å²) >= 11 is 5.18. The Morgan fingerprint density at radius 3 is 2.31 bits per heavy atom. The Labute approximate surface area is 157 Å². The molecule has 1 aliphatic rings. The number of halogens is 2. The van der Waals surface area contributed by atoms with Crippen LogP contribution < -0.4 is 15.5 Å². The van der Waals surface area contributed by atoms with E-state index in [0.29, 0.717) is 0 Å². The van der Waals surface area contributed by atoms with Crippen LogP contribution in [0.3, 0.4) is 0 Å². The fourth-order valence-electron chi connectivity index (χ4n) is 2.84. The number of thiocarbonyl (C=S) groups is 1. The molecule has 1 saturated heterocycles. The average molecular weight is 377 g/mol. The molecule has 0 aromatic heterocycles. The molecule has 0 saturated carbocycles. The van der Waals surface area contributed by atoms with E-state index in [1.54, 1.807) is 0 Å². The van der Waals surface area contributed by atoms with E-state index >= 15 is 0 Å². The Balaban J connectivity index is 1.60. The number of nitrogens with one attached hydrogen (secondary N) is 2. The van der Waals surface area contributed by atoms with Crippen molar-refractivity contribution in [1.82, 2.24) is 5.32 Å². The van der Waals surface area contributed by atoms with Crippen molar-refractivity contribution in [2.24, 2.45) is 0 Å². The lowest BCUT2D eigenvalue weighted by atomic mass is 10.1. The molecule has 0 radical (unpaired) electrons. The van der Waals surface area contributed by atoms with Gasteiger partial charge in [-0.25, -0.2) is 8.78 Å². The summed E-state index contributed by atoms with van der Waals surface area (Å²) in [5.41, 5.74) is 1.93. The molecule has 138 valence electrons. The predicted octanol–water partition coefficient (Wildman–Crippen LogP) is 3.85. The van der Waals surface area contributed by atoms with E-state index in [1.165, 1.54) is 18.2 Å². The lowest BCUT2D eigenvalue weighted by molar-refractivity contribution is 0.122. The lowest BCUT2D eigenvalue weighted by Gasteiger charge is -2.29. The van der Waals surface area contributed by atoms with Crippen molar-refractivity contribution in [2.75, 3.05) is 36.5 Å². The third kappa shape index (κ3) is 4.47. The van der Waals surface area contributed by atoms with E-state index in [-0.39, 0.29) is 16.8 Å². The number of morpholine rings is 1. The molecule has 1 fully saturated rings. The Kier molecular flexibility index (Phi) is 6.00. The van der Waals surface area contributed by atoms with E-state index < -0.39 is 11.6 Å². The first kappa shape index (κ1) is 18.5. The Morgan fingerprint density at radius 2 is 1.69 bits per heavy atom. The molecule has 0 aliphatic carbocycles. The zero-order valence-electron chi connectivity index (χ0n) is 14.5. The number of ether oxygens (including phenoxy) is 1.